The molecule has 0 aromatic carbocycles. The number of carbonyl (C=O) groups is 1. The van der Waals surface area contributed by atoms with Gasteiger partial charge in [-0.05, 0) is 13.3 Å². The molecule has 0 saturated heterocycles. The summed E-state index contributed by atoms with van der Waals surface area (Å²) in [6, 6.07) is 0. The summed E-state index contributed by atoms with van der Waals surface area (Å²) in [5.74, 6) is 0.562. The maximum atomic E-state index is 11.8. The van der Waals surface area contributed by atoms with Crippen molar-refractivity contribution in [3.63, 3.8) is 0 Å². The molecule has 19 heavy (non-hydrogen) atoms. The number of aryl methyl sites for hydroxylation is 2. The van der Waals surface area contributed by atoms with Crippen LogP contribution >= 0.6 is 0 Å². The van der Waals surface area contributed by atoms with Gasteiger partial charge >= 0.3 is 0 Å². The van der Waals surface area contributed by atoms with Crippen molar-refractivity contribution < 1.29 is 4.79 Å². The Hall–Kier alpha value is -2.31. The number of nitrogens with one attached hydrogen (secondary N) is 2. The Morgan fingerprint density at radius 1 is 1.37 bits per heavy atom. The Labute approximate surface area is 110 Å². The van der Waals surface area contributed by atoms with E-state index in [4.69, 9.17) is 0 Å². The van der Waals surface area contributed by atoms with Crippen molar-refractivity contribution in [2.75, 3.05) is 0 Å². The van der Waals surface area contributed by atoms with Crippen molar-refractivity contribution in [2.45, 2.75) is 33.2 Å². The third-order valence-electron chi connectivity index (χ3n) is 2.49. The van der Waals surface area contributed by atoms with Gasteiger partial charge in [0, 0.05) is 12.6 Å². The summed E-state index contributed by atoms with van der Waals surface area (Å²) in [4.78, 5) is 24.2. The van der Waals surface area contributed by atoms with Crippen molar-refractivity contribution in [2.24, 2.45) is 0 Å². The average molecular weight is 260 g/mol. The number of H-pyrrole nitrogens is 1. The zero-order valence-electron chi connectivity index (χ0n) is 11.0. The summed E-state index contributed by atoms with van der Waals surface area (Å²) in [7, 11) is 0. The molecule has 2 rings (SSSR count). The third kappa shape index (κ3) is 3.57. The van der Waals surface area contributed by atoms with Gasteiger partial charge < -0.3 is 5.32 Å². The molecule has 2 heterocycles. The largest absolute Gasteiger partial charge is 0.344 e. The number of aromatic nitrogens is 5. The number of rotatable bonds is 5. The molecule has 0 spiro atoms. The van der Waals surface area contributed by atoms with E-state index in [1.54, 1.807) is 12.4 Å². The lowest BCUT2D eigenvalue weighted by Crippen LogP contribution is -2.24. The van der Waals surface area contributed by atoms with E-state index >= 15 is 0 Å². The van der Waals surface area contributed by atoms with Gasteiger partial charge in [0.15, 0.2) is 0 Å². The number of amides is 1. The van der Waals surface area contributed by atoms with Crippen LogP contribution < -0.4 is 5.32 Å². The van der Waals surface area contributed by atoms with Gasteiger partial charge in [0.2, 0.25) is 5.82 Å². The van der Waals surface area contributed by atoms with Crippen molar-refractivity contribution in [3.05, 3.63) is 35.4 Å². The first-order valence-corrected chi connectivity index (χ1v) is 6.16. The number of hydrogen-bond donors (Lipinski definition) is 2. The van der Waals surface area contributed by atoms with E-state index in [1.807, 2.05) is 13.8 Å². The number of hydrogen-bond acceptors (Lipinski definition) is 5. The smallest absolute Gasteiger partial charge is 0.291 e. The van der Waals surface area contributed by atoms with Crippen molar-refractivity contribution in [3.8, 4) is 0 Å². The molecule has 2 aromatic rings. The summed E-state index contributed by atoms with van der Waals surface area (Å²) >= 11 is 0. The maximum Gasteiger partial charge on any atom is 0.291 e. The van der Waals surface area contributed by atoms with Crippen LogP contribution in [0.5, 0.6) is 0 Å². The molecule has 0 unspecified atom stereocenters. The highest BCUT2D eigenvalue weighted by Crippen LogP contribution is 1.98. The molecule has 0 radical (unpaired) electrons. The number of aromatic amines is 1. The molecule has 0 bridgehead atoms. The highest BCUT2D eigenvalue weighted by molar-refractivity contribution is 5.90. The summed E-state index contributed by atoms with van der Waals surface area (Å²) < 4.78 is 0. The monoisotopic (exact) mass is 260 g/mol. The van der Waals surface area contributed by atoms with Crippen LogP contribution in [0.1, 0.15) is 41.2 Å². The topological polar surface area (TPSA) is 96.5 Å². The first-order chi connectivity index (χ1) is 9.19. The summed E-state index contributed by atoms with van der Waals surface area (Å²) in [5.41, 5.74) is 1.54. The van der Waals surface area contributed by atoms with Gasteiger partial charge in [0.05, 0.1) is 24.1 Å². The highest BCUT2D eigenvalue weighted by atomic mass is 16.2. The van der Waals surface area contributed by atoms with Crippen LogP contribution in [0, 0.1) is 6.92 Å². The van der Waals surface area contributed by atoms with Crippen molar-refractivity contribution >= 4 is 5.91 Å². The highest BCUT2D eigenvalue weighted by Gasteiger charge is 2.11. The molecule has 0 aliphatic carbocycles. The fraction of sp³-hybridized carbons (Fsp3) is 0.417. The van der Waals surface area contributed by atoms with Crippen LogP contribution in [0.15, 0.2) is 12.4 Å². The first kappa shape index (κ1) is 13.1. The first-order valence-electron chi connectivity index (χ1n) is 6.16. The normalized spacial score (nSPS) is 10.4. The lowest BCUT2D eigenvalue weighted by molar-refractivity contribution is 0.0940. The molecule has 1 amide bonds. The minimum Gasteiger partial charge on any atom is -0.344 e. The molecule has 2 N–H and O–H groups in total. The number of carbonyl (C=O) groups excluding carboxylic acids is 1. The molecule has 7 heteroatoms. The molecule has 0 aliphatic heterocycles. The Morgan fingerprint density at radius 3 is 2.89 bits per heavy atom. The van der Waals surface area contributed by atoms with E-state index in [0.29, 0.717) is 12.2 Å². The molecule has 2 aromatic heterocycles. The van der Waals surface area contributed by atoms with Crippen LogP contribution in [0.4, 0.5) is 0 Å². The average Bonchev–Trinajstić information content (AvgIpc) is 2.87. The van der Waals surface area contributed by atoms with Gasteiger partial charge in [0.1, 0.15) is 5.82 Å². The predicted molar refractivity (Wildman–Crippen MR) is 68.3 cm³/mol. The fourth-order valence-corrected chi connectivity index (χ4v) is 1.51. The summed E-state index contributed by atoms with van der Waals surface area (Å²) in [6.45, 7) is 4.21. The van der Waals surface area contributed by atoms with E-state index < -0.39 is 0 Å². The lowest BCUT2D eigenvalue weighted by atomic mass is 10.3. The SMILES string of the molecule is CCCc1nc(C(=O)NCc2cnc(C)cn2)n[nH]1. The van der Waals surface area contributed by atoms with Gasteiger partial charge in [-0.3, -0.25) is 19.9 Å². The summed E-state index contributed by atoms with van der Waals surface area (Å²) in [6.07, 6.45) is 5.03. The standard InChI is InChI=1S/C12H16N6O/c1-3-4-10-16-11(18-17-10)12(19)15-7-9-6-13-8(2)5-14-9/h5-6H,3-4,7H2,1-2H3,(H,15,19)(H,16,17,18). The molecule has 0 saturated carbocycles. The Bertz CT molecular complexity index is 548. The fourth-order valence-electron chi connectivity index (χ4n) is 1.51. The van der Waals surface area contributed by atoms with Crippen LogP contribution in [-0.4, -0.2) is 31.1 Å². The molecule has 0 aliphatic rings. The molecule has 100 valence electrons. The van der Waals surface area contributed by atoms with Gasteiger partial charge in [-0.1, -0.05) is 6.92 Å². The maximum absolute atomic E-state index is 11.8. The van der Waals surface area contributed by atoms with Gasteiger partial charge in [-0.15, -0.1) is 5.10 Å². The molecular formula is C12H16N6O. The second-order valence-electron chi connectivity index (χ2n) is 4.19. The van der Waals surface area contributed by atoms with Crippen LogP contribution in [0.2, 0.25) is 0 Å². The van der Waals surface area contributed by atoms with Crippen molar-refractivity contribution in [1.82, 2.24) is 30.5 Å². The third-order valence-corrected chi connectivity index (χ3v) is 2.49. The van der Waals surface area contributed by atoms with E-state index in [1.165, 1.54) is 0 Å². The zero-order chi connectivity index (χ0) is 13.7. The van der Waals surface area contributed by atoms with Crippen molar-refractivity contribution in [1.29, 1.82) is 0 Å². The van der Waals surface area contributed by atoms with E-state index in [9.17, 15) is 4.79 Å². The Morgan fingerprint density at radius 2 is 2.21 bits per heavy atom. The van der Waals surface area contributed by atoms with Crippen LogP contribution in [0.3, 0.4) is 0 Å². The number of nitrogens with zero attached hydrogens (tertiary/aromatic N) is 4. The predicted octanol–water partition coefficient (Wildman–Crippen LogP) is 0.786. The van der Waals surface area contributed by atoms with Gasteiger partial charge in [-0.2, -0.15) is 0 Å². The van der Waals surface area contributed by atoms with Gasteiger partial charge in [0.25, 0.3) is 5.91 Å². The molecule has 0 fully saturated rings. The molecule has 7 nitrogen and oxygen atoms in total. The van der Waals surface area contributed by atoms with Crippen LogP contribution in [-0.2, 0) is 13.0 Å². The Balaban J connectivity index is 1.91. The van der Waals surface area contributed by atoms with E-state index in [2.05, 4.69) is 30.5 Å². The lowest BCUT2D eigenvalue weighted by Gasteiger charge is -2.01. The quantitative estimate of drug-likeness (QED) is 0.828. The van der Waals surface area contributed by atoms with Crippen LogP contribution in [0.25, 0.3) is 0 Å². The van der Waals surface area contributed by atoms with E-state index in [0.717, 1.165) is 24.4 Å². The molecular weight excluding hydrogens is 244 g/mol. The van der Waals surface area contributed by atoms with Gasteiger partial charge in [-0.25, -0.2) is 4.98 Å². The minimum atomic E-state index is -0.319. The summed E-state index contributed by atoms with van der Waals surface area (Å²) in [5, 5.41) is 9.32. The minimum absolute atomic E-state index is 0.156. The molecule has 0 atom stereocenters. The Kier molecular flexibility index (Phi) is 4.17. The zero-order valence-corrected chi connectivity index (χ0v) is 11.0. The second kappa shape index (κ2) is 6.03. The van der Waals surface area contributed by atoms with E-state index in [-0.39, 0.29) is 11.7 Å². The second-order valence-corrected chi connectivity index (χ2v) is 4.19.